The van der Waals surface area contributed by atoms with Crippen molar-refractivity contribution in [2.24, 2.45) is 0 Å². The lowest BCUT2D eigenvalue weighted by atomic mass is 9.96. The first-order valence-electron chi connectivity index (χ1n) is 12.2. The van der Waals surface area contributed by atoms with Crippen LogP contribution in [0, 0.1) is 27.7 Å². The number of aryl methyl sites for hydroxylation is 4. The number of carbonyl (C=O) groups excluding carboxylic acids is 1. The summed E-state index contributed by atoms with van der Waals surface area (Å²) in [6.07, 6.45) is 0. The second-order valence-corrected chi connectivity index (χ2v) is 11.1. The number of sulfonamides is 1. The minimum atomic E-state index is -3.95. The molecule has 0 aliphatic carbocycles. The summed E-state index contributed by atoms with van der Waals surface area (Å²) in [6, 6.07) is 18.0. The van der Waals surface area contributed by atoms with Crippen LogP contribution in [0.2, 0.25) is 0 Å². The minimum Gasteiger partial charge on any atom is -0.494 e. The molecule has 1 N–H and O–H groups in total. The van der Waals surface area contributed by atoms with Crippen molar-refractivity contribution in [1.29, 1.82) is 0 Å². The van der Waals surface area contributed by atoms with Gasteiger partial charge in [0.1, 0.15) is 5.75 Å². The third-order valence-electron chi connectivity index (χ3n) is 6.33. The number of nitrogens with zero attached hydrogens (tertiary/aromatic N) is 1. The van der Waals surface area contributed by atoms with E-state index < -0.39 is 10.0 Å². The topological polar surface area (TPSA) is 75.7 Å². The van der Waals surface area contributed by atoms with E-state index in [4.69, 9.17) is 4.74 Å². The first-order chi connectivity index (χ1) is 17.0. The molecule has 0 saturated heterocycles. The standard InChI is InChI=1S/C29H36N2O4S/c1-7-35-28-14-13-26(16-23(28)5)36(33,34)31(18-25-11-9-8-10-12-25)19-29(32)30-24(6)27-17-21(3)20(2)15-22(27)4/h8-17,24H,7,18-19H2,1-6H3,(H,30,32). The van der Waals surface area contributed by atoms with Gasteiger partial charge in [0, 0.05) is 6.54 Å². The van der Waals surface area contributed by atoms with E-state index in [1.807, 2.05) is 65.0 Å². The number of benzene rings is 3. The Bertz CT molecular complexity index is 1320. The van der Waals surface area contributed by atoms with Crippen molar-refractivity contribution in [2.45, 2.75) is 59.0 Å². The normalized spacial score (nSPS) is 12.4. The number of ether oxygens (including phenoxy) is 1. The summed E-state index contributed by atoms with van der Waals surface area (Å²) in [5.41, 5.74) is 5.97. The summed E-state index contributed by atoms with van der Waals surface area (Å²) in [7, 11) is -3.95. The Hall–Kier alpha value is -3.16. The lowest BCUT2D eigenvalue weighted by Crippen LogP contribution is -2.41. The van der Waals surface area contributed by atoms with Crippen LogP contribution < -0.4 is 10.1 Å². The number of hydrogen-bond donors (Lipinski definition) is 1. The summed E-state index contributed by atoms with van der Waals surface area (Å²) in [4.78, 5) is 13.3. The lowest BCUT2D eigenvalue weighted by molar-refractivity contribution is -0.122. The smallest absolute Gasteiger partial charge is 0.243 e. The average Bonchev–Trinajstić information content (AvgIpc) is 2.82. The fourth-order valence-electron chi connectivity index (χ4n) is 4.24. The predicted octanol–water partition coefficient (Wildman–Crippen LogP) is 5.39. The van der Waals surface area contributed by atoms with Crippen molar-refractivity contribution in [3.8, 4) is 5.75 Å². The lowest BCUT2D eigenvalue weighted by Gasteiger charge is -2.24. The number of nitrogens with one attached hydrogen (secondary N) is 1. The molecule has 1 atom stereocenters. The highest BCUT2D eigenvalue weighted by molar-refractivity contribution is 7.89. The van der Waals surface area contributed by atoms with Crippen LogP contribution in [-0.4, -0.2) is 31.8 Å². The van der Waals surface area contributed by atoms with Crippen molar-refractivity contribution >= 4 is 15.9 Å². The molecule has 0 heterocycles. The molecule has 6 nitrogen and oxygen atoms in total. The molecule has 3 aromatic rings. The fourth-order valence-corrected chi connectivity index (χ4v) is 5.71. The van der Waals surface area contributed by atoms with Crippen LogP contribution in [-0.2, 0) is 21.4 Å². The molecule has 1 unspecified atom stereocenters. The van der Waals surface area contributed by atoms with Gasteiger partial charge in [-0.05, 0) is 93.1 Å². The van der Waals surface area contributed by atoms with Gasteiger partial charge in [0.2, 0.25) is 15.9 Å². The van der Waals surface area contributed by atoms with Crippen molar-refractivity contribution < 1.29 is 17.9 Å². The summed E-state index contributed by atoms with van der Waals surface area (Å²) in [5, 5.41) is 3.00. The second kappa shape index (κ2) is 11.7. The first kappa shape index (κ1) is 27.4. The Morgan fingerprint density at radius 1 is 0.917 bits per heavy atom. The Morgan fingerprint density at radius 3 is 2.22 bits per heavy atom. The quantitative estimate of drug-likeness (QED) is 0.399. The van der Waals surface area contributed by atoms with Gasteiger partial charge in [-0.3, -0.25) is 4.79 Å². The van der Waals surface area contributed by atoms with Gasteiger partial charge in [-0.25, -0.2) is 8.42 Å². The van der Waals surface area contributed by atoms with Crippen LogP contribution in [0.3, 0.4) is 0 Å². The Morgan fingerprint density at radius 2 is 1.58 bits per heavy atom. The van der Waals surface area contributed by atoms with Crippen molar-refractivity contribution in [1.82, 2.24) is 9.62 Å². The van der Waals surface area contributed by atoms with E-state index in [9.17, 15) is 13.2 Å². The number of carbonyl (C=O) groups is 1. The summed E-state index contributed by atoms with van der Waals surface area (Å²) >= 11 is 0. The molecule has 0 saturated carbocycles. The molecular weight excluding hydrogens is 472 g/mol. The van der Waals surface area contributed by atoms with E-state index in [2.05, 4.69) is 24.4 Å². The van der Waals surface area contributed by atoms with E-state index in [1.165, 1.54) is 15.9 Å². The maximum atomic E-state index is 13.7. The van der Waals surface area contributed by atoms with E-state index in [1.54, 1.807) is 12.1 Å². The minimum absolute atomic E-state index is 0.0832. The molecule has 3 rings (SSSR count). The van der Waals surface area contributed by atoms with E-state index in [0.29, 0.717) is 12.4 Å². The van der Waals surface area contributed by atoms with Gasteiger partial charge in [0.15, 0.2) is 0 Å². The number of amides is 1. The molecule has 1 amide bonds. The van der Waals surface area contributed by atoms with Crippen LogP contribution >= 0.6 is 0 Å². The van der Waals surface area contributed by atoms with Crippen LogP contribution in [0.25, 0.3) is 0 Å². The van der Waals surface area contributed by atoms with Crippen molar-refractivity contribution in [2.75, 3.05) is 13.2 Å². The third kappa shape index (κ3) is 6.53. The Kier molecular flexibility index (Phi) is 8.93. The molecule has 3 aromatic carbocycles. The molecule has 0 radical (unpaired) electrons. The average molecular weight is 509 g/mol. The molecule has 0 spiro atoms. The van der Waals surface area contributed by atoms with Crippen LogP contribution in [0.5, 0.6) is 5.75 Å². The van der Waals surface area contributed by atoms with Gasteiger partial charge in [-0.1, -0.05) is 42.5 Å². The summed E-state index contributed by atoms with van der Waals surface area (Å²) in [6.45, 7) is 12.0. The van der Waals surface area contributed by atoms with E-state index in [-0.39, 0.29) is 29.9 Å². The van der Waals surface area contributed by atoms with Gasteiger partial charge in [0.05, 0.1) is 24.1 Å². The van der Waals surface area contributed by atoms with E-state index >= 15 is 0 Å². The Balaban J connectivity index is 1.87. The highest BCUT2D eigenvalue weighted by atomic mass is 32.2. The number of hydrogen-bond acceptors (Lipinski definition) is 4. The molecule has 192 valence electrons. The highest BCUT2D eigenvalue weighted by Crippen LogP contribution is 2.26. The van der Waals surface area contributed by atoms with Crippen molar-refractivity contribution in [3.05, 3.63) is 94.0 Å². The fraction of sp³-hybridized carbons (Fsp3) is 0.345. The maximum absolute atomic E-state index is 13.7. The zero-order valence-electron chi connectivity index (χ0n) is 22.0. The first-order valence-corrected chi connectivity index (χ1v) is 13.6. The summed E-state index contributed by atoms with van der Waals surface area (Å²) < 4.78 is 34.2. The molecule has 7 heteroatoms. The van der Waals surface area contributed by atoms with Gasteiger partial charge in [-0.15, -0.1) is 0 Å². The molecule has 36 heavy (non-hydrogen) atoms. The van der Waals surface area contributed by atoms with Crippen molar-refractivity contribution in [3.63, 3.8) is 0 Å². The predicted molar refractivity (Wildman–Crippen MR) is 144 cm³/mol. The highest BCUT2D eigenvalue weighted by Gasteiger charge is 2.28. The molecule has 0 bridgehead atoms. The van der Waals surface area contributed by atoms with Gasteiger partial charge in [0.25, 0.3) is 0 Å². The number of rotatable bonds is 10. The molecule has 0 aliphatic rings. The monoisotopic (exact) mass is 508 g/mol. The second-order valence-electron chi connectivity index (χ2n) is 9.20. The van der Waals surface area contributed by atoms with E-state index in [0.717, 1.165) is 27.8 Å². The molecular formula is C29H36N2O4S. The largest absolute Gasteiger partial charge is 0.494 e. The Labute approximate surface area is 215 Å². The SMILES string of the molecule is CCOc1ccc(S(=O)(=O)N(CC(=O)NC(C)c2cc(C)c(C)cc2C)Cc2ccccc2)cc1C. The molecule has 0 aliphatic heterocycles. The third-order valence-corrected chi connectivity index (χ3v) is 8.12. The summed E-state index contributed by atoms with van der Waals surface area (Å²) in [5.74, 6) is 0.281. The van der Waals surface area contributed by atoms with Gasteiger partial charge >= 0.3 is 0 Å². The molecule has 0 fully saturated rings. The zero-order chi connectivity index (χ0) is 26.5. The van der Waals surface area contributed by atoms with Crippen LogP contribution in [0.15, 0.2) is 65.6 Å². The maximum Gasteiger partial charge on any atom is 0.243 e. The van der Waals surface area contributed by atoms with Gasteiger partial charge < -0.3 is 10.1 Å². The van der Waals surface area contributed by atoms with Crippen LogP contribution in [0.1, 0.15) is 53.3 Å². The van der Waals surface area contributed by atoms with Crippen LogP contribution in [0.4, 0.5) is 0 Å². The van der Waals surface area contributed by atoms with Gasteiger partial charge in [-0.2, -0.15) is 4.31 Å². The molecule has 0 aromatic heterocycles. The zero-order valence-corrected chi connectivity index (χ0v) is 22.8.